The Morgan fingerprint density at radius 3 is 2.64 bits per heavy atom. The predicted octanol–water partition coefficient (Wildman–Crippen LogP) is 3.56. The van der Waals surface area contributed by atoms with Gasteiger partial charge in [-0.15, -0.1) is 0 Å². The van der Waals surface area contributed by atoms with Gasteiger partial charge < -0.3 is 9.32 Å². The van der Waals surface area contributed by atoms with Crippen molar-refractivity contribution in [3.05, 3.63) is 58.8 Å². The van der Waals surface area contributed by atoms with Crippen LogP contribution < -0.4 is 0 Å². The van der Waals surface area contributed by atoms with E-state index >= 15 is 0 Å². The SMILES string of the molecule is Cc1oc(C2CC2)cc1C(=O)N1CCN(Cc2cccc(F)c2)CC1. The van der Waals surface area contributed by atoms with Gasteiger partial charge in [0.25, 0.3) is 5.91 Å². The Morgan fingerprint density at radius 1 is 1.20 bits per heavy atom. The van der Waals surface area contributed by atoms with Crippen LogP contribution in [-0.4, -0.2) is 41.9 Å². The smallest absolute Gasteiger partial charge is 0.257 e. The van der Waals surface area contributed by atoms with E-state index < -0.39 is 0 Å². The molecular formula is C20H23FN2O2. The normalized spacial score (nSPS) is 18.6. The van der Waals surface area contributed by atoms with Crippen molar-refractivity contribution in [1.29, 1.82) is 0 Å². The summed E-state index contributed by atoms with van der Waals surface area (Å²) in [5.74, 6) is 2.08. The lowest BCUT2D eigenvalue weighted by atomic mass is 10.1. The molecule has 0 radical (unpaired) electrons. The summed E-state index contributed by atoms with van der Waals surface area (Å²) in [6.45, 7) is 5.58. The second kappa shape index (κ2) is 6.64. The van der Waals surface area contributed by atoms with Crippen LogP contribution in [0.4, 0.5) is 4.39 Å². The highest BCUT2D eigenvalue weighted by molar-refractivity contribution is 5.95. The molecule has 2 fully saturated rings. The third-order valence-electron chi connectivity index (χ3n) is 5.10. The molecule has 1 aliphatic carbocycles. The first-order valence-electron chi connectivity index (χ1n) is 8.96. The average Bonchev–Trinajstić information content (AvgIpc) is 3.38. The molecule has 4 nitrogen and oxygen atoms in total. The predicted molar refractivity (Wildman–Crippen MR) is 93.0 cm³/mol. The van der Waals surface area contributed by atoms with Gasteiger partial charge in [-0.1, -0.05) is 12.1 Å². The van der Waals surface area contributed by atoms with Crippen molar-refractivity contribution in [3.8, 4) is 0 Å². The molecule has 1 aromatic carbocycles. The molecule has 1 aliphatic heterocycles. The second-order valence-electron chi connectivity index (χ2n) is 7.09. The van der Waals surface area contributed by atoms with E-state index in [4.69, 9.17) is 4.42 Å². The van der Waals surface area contributed by atoms with Crippen molar-refractivity contribution in [2.75, 3.05) is 26.2 Å². The molecule has 132 valence electrons. The summed E-state index contributed by atoms with van der Waals surface area (Å²) in [6, 6.07) is 8.65. The zero-order chi connectivity index (χ0) is 17.4. The maximum Gasteiger partial charge on any atom is 0.257 e. The Kier molecular flexibility index (Phi) is 4.34. The number of carbonyl (C=O) groups is 1. The van der Waals surface area contributed by atoms with Gasteiger partial charge in [0, 0.05) is 38.6 Å². The van der Waals surface area contributed by atoms with Gasteiger partial charge in [-0.25, -0.2) is 4.39 Å². The third-order valence-corrected chi connectivity index (χ3v) is 5.10. The average molecular weight is 342 g/mol. The first-order chi connectivity index (χ1) is 12.1. The summed E-state index contributed by atoms with van der Waals surface area (Å²) in [5.41, 5.74) is 1.68. The highest BCUT2D eigenvalue weighted by Crippen LogP contribution is 2.41. The molecule has 4 rings (SSSR count). The van der Waals surface area contributed by atoms with E-state index in [9.17, 15) is 9.18 Å². The number of aryl methyl sites for hydroxylation is 1. The molecule has 0 bridgehead atoms. The van der Waals surface area contributed by atoms with Crippen molar-refractivity contribution in [2.45, 2.75) is 32.2 Å². The van der Waals surface area contributed by atoms with Crippen molar-refractivity contribution >= 4 is 5.91 Å². The molecule has 2 heterocycles. The Labute approximate surface area is 147 Å². The number of hydrogen-bond acceptors (Lipinski definition) is 3. The molecule has 2 aliphatic rings. The molecule has 0 atom stereocenters. The van der Waals surface area contributed by atoms with Crippen LogP contribution in [0.2, 0.25) is 0 Å². The number of hydrogen-bond donors (Lipinski definition) is 0. The quantitative estimate of drug-likeness (QED) is 0.852. The summed E-state index contributed by atoms with van der Waals surface area (Å²) in [5, 5.41) is 0. The second-order valence-corrected chi connectivity index (χ2v) is 7.09. The molecule has 0 unspecified atom stereocenters. The number of piperazine rings is 1. The van der Waals surface area contributed by atoms with Gasteiger partial charge in [0.2, 0.25) is 0 Å². The molecule has 0 spiro atoms. The van der Waals surface area contributed by atoms with Crippen molar-refractivity contribution in [3.63, 3.8) is 0 Å². The molecule has 1 aromatic heterocycles. The number of amides is 1. The van der Waals surface area contributed by atoms with Crippen LogP contribution in [0.5, 0.6) is 0 Å². The molecule has 25 heavy (non-hydrogen) atoms. The van der Waals surface area contributed by atoms with Gasteiger partial charge in [-0.05, 0) is 43.5 Å². The zero-order valence-corrected chi connectivity index (χ0v) is 14.5. The van der Waals surface area contributed by atoms with E-state index in [1.807, 2.05) is 24.0 Å². The molecule has 1 saturated heterocycles. The number of carbonyl (C=O) groups excluding carboxylic acids is 1. The minimum Gasteiger partial charge on any atom is -0.465 e. The van der Waals surface area contributed by atoms with E-state index in [2.05, 4.69) is 4.90 Å². The maximum absolute atomic E-state index is 13.3. The van der Waals surface area contributed by atoms with Gasteiger partial charge in [0.15, 0.2) is 0 Å². The van der Waals surface area contributed by atoms with Gasteiger partial charge >= 0.3 is 0 Å². The Morgan fingerprint density at radius 2 is 1.96 bits per heavy atom. The lowest BCUT2D eigenvalue weighted by molar-refractivity contribution is 0.0626. The van der Waals surface area contributed by atoms with E-state index in [1.54, 1.807) is 12.1 Å². The summed E-state index contributed by atoms with van der Waals surface area (Å²) in [7, 11) is 0. The van der Waals surface area contributed by atoms with Gasteiger partial charge in [-0.2, -0.15) is 0 Å². The summed E-state index contributed by atoms with van der Waals surface area (Å²) in [4.78, 5) is 16.9. The van der Waals surface area contributed by atoms with Crippen LogP contribution in [0, 0.1) is 12.7 Å². The Balaban J connectivity index is 1.35. The summed E-state index contributed by atoms with van der Waals surface area (Å²) in [6.07, 6.45) is 2.33. The fourth-order valence-corrected chi connectivity index (χ4v) is 3.46. The van der Waals surface area contributed by atoms with E-state index in [0.717, 1.165) is 36.7 Å². The highest BCUT2D eigenvalue weighted by atomic mass is 19.1. The topological polar surface area (TPSA) is 36.7 Å². The van der Waals surface area contributed by atoms with Crippen LogP contribution >= 0.6 is 0 Å². The van der Waals surface area contributed by atoms with Crippen molar-refractivity contribution in [2.24, 2.45) is 0 Å². The van der Waals surface area contributed by atoms with E-state index in [-0.39, 0.29) is 11.7 Å². The van der Waals surface area contributed by atoms with Crippen LogP contribution in [0.3, 0.4) is 0 Å². The highest BCUT2D eigenvalue weighted by Gasteiger charge is 2.31. The lowest BCUT2D eigenvalue weighted by Gasteiger charge is -2.34. The summed E-state index contributed by atoms with van der Waals surface area (Å²) >= 11 is 0. The number of nitrogens with zero attached hydrogens (tertiary/aromatic N) is 2. The number of furan rings is 1. The molecule has 1 saturated carbocycles. The fraction of sp³-hybridized carbons (Fsp3) is 0.450. The van der Waals surface area contributed by atoms with Crippen LogP contribution in [0.15, 0.2) is 34.7 Å². The molecule has 2 aromatic rings. The van der Waals surface area contributed by atoms with Gasteiger partial charge in [-0.3, -0.25) is 9.69 Å². The van der Waals surface area contributed by atoms with Gasteiger partial charge in [0.1, 0.15) is 17.3 Å². The van der Waals surface area contributed by atoms with Crippen molar-refractivity contribution < 1.29 is 13.6 Å². The van der Waals surface area contributed by atoms with Crippen LogP contribution in [0.25, 0.3) is 0 Å². The number of benzene rings is 1. The van der Waals surface area contributed by atoms with Crippen LogP contribution in [-0.2, 0) is 6.54 Å². The first kappa shape index (κ1) is 16.3. The molecule has 0 N–H and O–H groups in total. The Bertz CT molecular complexity index is 774. The minimum atomic E-state index is -0.201. The largest absolute Gasteiger partial charge is 0.465 e. The zero-order valence-electron chi connectivity index (χ0n) is 14.5. The van der Waals surface area contributed by atoms with E-state index in [1.165, 1.54) is 18.9 Å². The number of halogens is 1. The van der Waals surface area contributed by atoms with E-state index in [0.29, 0.717) is 24.6 Å². The monoisotopic (exact) mass is 342 g/mol. The maximum atomic E-state index is 13.3. The first-order valence-corrected chi connectivity index (χ1v) is 8.96. The molecule has 5 heteroatoms. The Hall–Kier alpha value is -2.14. The van der Waals surface area contributed by atoms with Crippen LogP contribution in [0.1, 0.15) is 46.2 Å². The third kappa shape index (κ3) is 3.61. The van der Waals surface area contributed by atoms with Gasteiger partial charge in [0.05, 0.1) is 5.56 Å². The molecular weight excluding hydrogens is 319 g/mol. The lowest BCUT2D eigenvalue weighted by Crippen LogP contribution is -2.48. The molecule has 1 amide bonds. The summed E-state index contributed by atoms with van der Waals surface area (Å²) < 4.78 is 19.1. The van der Waals surface area contributed by atoms with Crippen molar-refractivity contribution in [1.82, 2.24) is 9.80 Å². The standard InChI is InChI=1S/C20H23FN2O2/c1-14-18(12-19(25-14)16-5-6-16)20(24)23-9-7-22(8-10-23)13-15-3-2-4-17(21)11-15/h2-4,11-12,16H,5-10,13H2,1H3. The minimum absolute atomic E-state index is 0.0681. The fourth-order valence-electron chi connectivity index (χ4n) is 3.46. The number of rotatable bonds is 4.